The Morgan fingerprint density at radius 2 is 2.33 bits per heavy atom. The van der Waals surface area contributed by atoms with E-state index in [0.717, 1.165) is 24.8 Å². The average molecular weight is 292 g/mol. The Hall–Kier alpha value is -1.46. The van der Waals surface area contributed by atoms with Gasteiger partial charge in [-0.25, -0.2) is 4.39 Å². The number of halogens is 1. The Balaban J connectivity index is 1.89. The number of rotatable bonds is 4. The third-order valence-corrected chi connectivity index (χ3v) is 4.23. The van der Waals surface area contributed by atoms with E-state index in [4.69, 9.17) is 4.74 Å². The van der Waals surface area contributed by atoms with Crippen molar-refractivity contribution in [3.8, 4) is 0 Å². The molecule has 5 heteroatoms. The molecule has 0 bridgehead atoms. The molecule has 1 amide bonds. The topological polar surface area (TPSA) is 41.6 Å². The van der Waals surface area contributed by atoms with Crippen LogP contribution in [-0.4, -0.2) is 36.1 Å². The molecule has 21 heavy (non-hydrogen) atoms. The van der Waals surface area contributed by atoms with Crippen molar-refractivity contribution >= 4 is 5.91 Å². The number of ether oxygens (including phenoxy) is 1. The molecular formula is C16H21FN2O2. The molecule has 2 saturated heterocycles. The summed E-state index contributed by atoms with van der Waals surface area (Å²) in [5, 5.41) is 3.37. The van der Waals surface area contributed by atoms with E-state index in [1.165, 1.54) is 12.1 Å². The molecule has 2 fully saturated rings. The van der Waals surface area contributed by atoms with Gasteiger partial charge in [-0.3, -0.25) is 10.1 Å². The fourth-order valence-corrected chi connectivity index (χ4v) is 3.21. The zero-order valence-corrected chi connectivity index (χ0v) is 12.2. The van der Waals surface area contributed by atoms with Gasteiger partial charge in [0.05, 0.1) is 18.7 Å². The van der Waals surface area contributed by atoms with E-state index in [1.807, 2.05) is 11.0 Å². The summed E-state index contributed by atoms with van der Waals surface area (Å²) in [6.07, 6.45) is 2.33. The van der Waals surface area contributed by atoms with Crippen molar-refractivity contribution in [1.29, 1.82) is 0 Å². The van der Waals surface area contributed by atoms with Crippen molar-refractivity contribution in [3.05, 3.63) is 35.6 Å². The first-order valence-corrected chi connectivity index (χ1v) is 7.62. The van der Waals surface area contributed by atoms with Crippen LogP contribution in [0.25, 0.3) is 0 Å². The number of carbonyl (C=O) groups excluding carboxylic acids is 1. The Kier molecular flexibility index (Phi) is 4.22. The van der Waals surface area contributed by atoms with Crippen LogP contribution in [0.15, 0.2) is 24.3 Å². The minimum atomic E-state index is -0.275. The lowest BCUT2D eigenvalue weighted by Gasteiger charge is -2.29. The summed E-state index contributed by atoms with van der Waals surface area (Å²) in [5.41, 5.74) is 0.800. The molecule has 1 aromatic rings. The SMILES string of the molecule is CCCC1NC(c2cccc(F)c2)N(C2CCOC2)C1=O. The fraction of sp³-hybridized carbons (Fsp3) is 0.562. The normalized spacial score (nSPS) is 29.3. The highest BCUT2D eigenvalue weighted by Crippen LogP contribution is 2.31. The van der Waals surface area contributed by atoms with Crippen molar-refractivity contribution in [1.82, 2.24) is 10.2 Å². The molecule has 2 aliphatic rings. The molecule has 0 aromatic heterocycles. The maximum Gasteiger partial charge on any atom is 0.241 e. The maximum absolute atomic E-state index is 13.5. The molecule has 3 rings (SSSR count). The molecule has 3 atom stereocenters. The van der Waals surface area contributed by atoms with E-state index in [9.17, 15) is 9.18 Å². The van der Waals surface area contributed by atoms with Gasteiger partial charge in [0.25, 0.3) is 0 Å². The van der Waals surface area contributed by atoms with E-state index in [-0.39, 0.29) is 30.0 Å². The highest BCUT2D eigenvalue weighted by molar-refractivity contribution is 5.85. The molecule has 0 spiro atoms. The Labute approximate surface area is 124 Å². The lowest BCUT2D eigenvalue weighted by molar-refractivity contribution is -0.132. The first kappa shape index (κ1) is 14.5. The number of carbonyl (C=O) groups is 1. The van der Waals surface area contributed by atoms with Crippen LogP contribution in [0.5, 0.6) is 0 Å². The van der Waals surface area contributed by atoms with E-state index in [2.05, 4.69) is 12.2 Å². The number of hydrogen-bond donors (Lipinski definition) is 1. The molecule has 3 unspecified atom stereocenters. The molecule has 2 heterocycles. The fourth-order valence-electron chi connectivity index (χ4n) is 3.21. The van der Waals surface area contributed by atoms with Gasteiger partial charge in [0.1, 0.15) is 12.0 Å². The highest BCUT2D eigenvalue weighted by Gasteiger charge is 2.43. The maximum atomic E-state index is 13.5. The van der Waals surface area contributed by atoms with Crippen LogP contribution in [-0.2, 0) is 9.53 Å². The summed E-state index contributed by atoms with van der Waals surface area (Å²) in [5.74, 6) is -0.162. The van der Waals surface area contributed by atoms with Gasteiger partial charge in [0.15, 0.2) is 0 Å². The van der Waals surface area contributed by atoms with Crippen LogP contribution in [0.3, 0.4) is 0 Å². The molecule has 2 aliphatic heterocycles. The Bertz CT molecular complexity index is 517. The van der Waals surface area contributed by atoms with Crippen molar-refractivity contribution < 1.29 is 13.9 Å². The summed E-state index contributed by atoms with van der Waals surface area (Å²) in [6, 6.07) is 6.39. The predicted molar refractivity (Wildman–Crippen MR) is 77.0 cm³/mol. The molecule has 0 radical (unpaired) electrons. The zero-order chi connectivity index (χ0) is 14.8. The van der Waals surface area contributed by atoms with Crippen molar-refractivity contribution in [2.24, 2.45) is 0 Å². The summed E-state index contributed by atoms with van der Waals surface area (Å²) < 4.78 is 18.9. The van der Waals surface area contributed by atoms with Gasteiger partial charge < -0.3 is 9.64 Å². The van der Waals surface area contributed by atoms with Crippen LogP contribution < -0.4 is 5.32 Å². The second-order valence-corrected chi connectivity index (χ2v) is 5.73. The van der Waals surface area contributed by atoms with Crippen LogP contribution >= 0.6 is 0 Å². The van der Waals surface area contributed by atoms with Crippen LogP contribution in [0.4, 0.5) is 4.39 Å². The number of nitrogens with zero attached hydrogens (tertiary/aromatic N) is 1. The summed E-state index contributed by atoms with van der Waals surface area (Å²) in [7, 11) is 0. The van der Waals surface area contributed by atoms with Gasteiger partial charge >= 0.3 is 0 Å². The van der Waals surface area contributed by atoms with Crippen molar-refractivity contribution in [3.63, 3.8) is 0 Å². The largest absolute Gasteiger partial charge is 0.379 e. The zero-order valence-electron chi connectivity index (χ0n) is 12.2. The van der Waals surface area contributed by atoms with E-state index < -0.39 is 0 Å². The molecule has 114 valence electrons. The number of amides is 1. The molecular weight excluding hydrogens is 271 g/mol. The first-order valence-electron chi connectivity index (χ1n) is 7.62. The van der Waals surface area contributed by atoms with Crippen molar-refractivity contribution in [2.45, 2.75) is 44.4 Å². The highest BCUT2D eigenvalue weighted by atomic mass is 19.1. The smallest absolute Gasteiger partial charge is 0.241 e. The van der Waals surface area contributed by atoms with Gasteiger partial charge in [0, 0.05) is 6.61 Å². The molecule has 0 saturated carbocycles. The van der Waals surface area contributed by atoms with Gasteiger partial charge in [-0.05, 0) is 30.5 Å². The van der Waals surface area contributed by atoms with Crippen molar-refractivity contribution in [2.75, 3.05) is 13.2 Å². The predicted octanol–water partition coefficient (Wildman–Crippen LogP) is 2.21. The van der Waals surface area contributed by atoms with Crippen LogP contribution in [0.2, 0.25) is 0 Å². The average Bonchev–Trinajstić information content (AvgIpc) is 3.08. The molecule has 1 aromatic carbocycles. The quantitative estimate of drug-likeness (QED) is 0.925. The van der Waals surface area contributed by atoms with Crippen LogP contribution in [0, 0.1) is 5.82 Å². The second kappa shape index (κ2) is 6.12. The third kappa shape index (κ3) is 2.80. The minimum Gasteiger partial charge on any atom is -0.379 e. The third-order valence-electron chi connectivity index (χ3n) is 4.23. The summed E-state index contributed by atoms with van der Waals surface area (Å²) in [4.78, 5) is 14.5. The second-order valence-electron chi connectivity index (χ2n) is 5.73. The summed E-state index contributed by atoms with van der Waals surface area (Å²) in [6.45, 7) is 3.31. The van der Waals surface area contributed by atoms with Crippen LogP contribution in [0.1, 0.15) is 37.9 Å². The number of benzene rings is 1. The van der Waals surface area contributed by atoms with E-state index in [1.54, 1.807) is 6.07 Å². The lowest BCUT2D eigenvalue weighted by Crippen LogP contribution is -2.40. The summed E-state index contributed by atoms with van der Waals surface area (Å²) >= 11 is 0. The van der Waals surface area contributed by atoms with E-state index in [0.29, 0.717) is 13.2 Å². The number of hydrogen-bond acceptors (Lipinski definition) is 3. The minimum absolute atomic E-state index is 0.0834. The standard InChI is InChI=1S/C16H21FN2O2/c1-2-4-14-16(20)19(13-7-8-21-10-13)15(18-14)11-5-3-6-12(17)9-11/h3,5-6,9,13-15,18H,2,4,7-8,10H2,1H3. The molecule has 0 aliphatic carbocycles. The first-order chi connectivity index (χ1) is 10.2. The lowest BCUT2D eigenvalue weighted by atomic mass is 10.1. The Morgan fingerprint density at radius 3 is 3.00 bits per heavy atom. The molecule has 4 nitrogen and oxygen atoms in total. The monoisotopic (exact) mass is 292 g/mol. The van der Waals surface area contributed by atoms with Gasteiger partial charge in [-0.1, -0.05) is 25.5 Å². The Morgan fingerprint density at radius 1 is 1.48 bits per heavy atom. The molecule has 1 N–H and O–H groups in total. The van der Waals surface area contributed by atoms with E-state index >= 15 is 0 Å². The number of nitrogens with one attached hydrogen (secondary N) is 1. The van der Waals surface area contributed by atoms with Gasteiger partial charge in [-0.2, -0.15) is 0 Å². The van der Waals surface area contributed by atoms with Gasteiger partial charge in [-0.15, -0.1) is 0 Å². The van der Waals surface area contributed by atoms with Gasteiger partial charge in [0.2, 0.25) is 5.91 Å².